The molecule has 1 atom stereocenters. The molecule has 8 heteroatoms. The van der Waals surface area contributed by atoms with Gasteiger partial charge in [0.25, 0.3) is 5.91 Å². The molecule has 2 heterocycles. The summed E-state index contributed by atoms with van der Waals surface area (Å²) in [5.41, 5.74) is -0.0200. The van der Waals surface area contributed by atoms with Gasteiger partial charge in [-0.25, -0.2) is 9.48 Å². The minimum absolute atomic E-state index is 0.0200. The largest absolute Gasteiger partial charge is 0.480 e. The Hall–Kier alpha value is -1.99. The lowest BCUT2D eigenvalue weighted by Gasteiger charge is -2.32. The van der Waals surface area contributed by atoms with Gasteiger partial charge in [-0.3, -0.25) is 4.79 Å². The molecule has 1 fully saturated rings. The summed E-state index contributed by atoms with van der Waals surface area (Å²) < 4.78 is 25.1. The van der Waals surface area contributed by atoms with E-state index in [1.54, 1.807) is 0 Å². The zero-order valence-corrected chi connectivity index (χ0v) is 10.00. The SMILES string of the molecule is O=C(O)C1CCCCN1C(=O)c1cnn(C(F)F)c1. The third-order valence-corrected chi connectivity index (χ3v) is 3.10. The van der Waals surface area contributed by atoms with Gasteiger partial charge in [0, 0.05) is 12.7 Å². The molecule has 0 saturated carbocycles. The molecule has 6 nitrogen and oxygen atoms in total. The molecule has 19 heavy (non-hydrogen) atoms. The Labute approximate surface area is 107 Å². The summed E-state index contributed by atoms with van der Waals surface area (Å²) in [7, 11) is 0. The van der Waals surface area contributed by atoms with Crippen LogP contribution in [0.25, 0.3) is 0 Å². The summed E-state index contributed by atoms with van der Waals surface area (Å²) in [5, 5.41) is 12.4. The summed E-state index contributed by atoms with van der Waals surface area (Å²) in [5.74, 6) is -1.65. The van der Waals surface area contributed by atoms with Gasteiger partial charge < -0.3 is 10.0 Å². The molecule has 1 aliphatic rings. The molecule has 0 bridgehead atoms. The first kappa shape index (κ1) is 13.4. The molecule has 0 radical (unpaired) electrons. The minimum atomic E-state index is -2.82. The number of carboxylic acids is 1. The van der Waals surface area contributed by atoms with Crippen molar-refractivity contribution in [2.45, 2.75) is 31.9 Å². The van der Waals surface area contributed by atoms with Crippen LogP contribution in [0.1, 0.15) is 36.2 Å². The van der Waals surface area contributed by atoms with E-state index in [4.69, 9.17) is 5.11 Å². The Kier molecular flexibility index (Phi) is 3.77. The predicted molar refractivity (Wildman–Crippen MR) is 59.8 cm³/mol. The normalized spacial score (nSPS) is 19.7. The molecule has 0 aromatic carbocycles. The van der Waals surface area contributed by atoms with Gasteiger partial charge in [-0.1, -0.05) is 0 Å². The van der Waals surface area contributed by atoms with Gasteiger partial charge in [0.1, 0.15) is 6.04 Å². The molecular weight excluding hydrogens is 260 g/mol. The van der Waals surface area contributed by atoms with Crippen LogP contribution in [-0.2, 0) is 4.79 Å². The van der Waals surface area contributed by atoms with Gasteiger partial charge in [-0.15, -0.1) is 0 Å². The van der Waals surface area contributed by atoms with Crippen molar-refractivity contribution < 1.29 is 23.5 Å². The van der Waals surface area contributed by atoms with Crippen molar-refractivity contribution >= 4 is 11.9 Å². The number of hydrogen-bond donors (Lipinski definition) is 1. The van der Waals surface area contributed by atoms with Crippen molar-refractivity contribution in [3.8, 4) is 0 Å². The number of likely N-dealkylation sites (tertiary alicyclic amines) is 1. The van der Waals surface area contributed by atoms with Crippen molar-refractivity contribution in [1.82, 2.24) is 14.7 Å². The summed E-state index contributed by atoms with van der Waals surface area (Å²) in [6.45, 7) is -2.51. The van der Waals surface area contributed by atoms with Gasteiger partial charge in [-0.05, 0) is 19.3 Å². The van der Waals surface area contributed by atoms with Crippen LogP contribution in [-0.4, -0.2) is 44.3 Å². The quantitative estimate of drug-likeness (QED) is 0.902. The molecule has 1 aliphatic heterocycles. The zero-order chi connectivity index (χ0) is 14.0. The minimum Gasteiger partial charge on any atom is -0.480 e. The van der Waals surface area contributed by atoms with Crippen LogP contribution < -0.4 is 0 Å². The van der Waals surface area contributed by atoms with Gasteiger partial charge in [0.2, 0.25) is 0 Å². The first-order valence-electron chi connectivity index (χ1n) is 5.87. The van der Waals surface area contributed by atoms with Crippen molar-refractivity contribution in [2.75, 3.05) is 6.54 Å². The number of carbonyl (C=O) groups is 2. The standard InChI is InChI=1S/C11H13F2N3O3/c12-11(13)16-6-7(5-14-16)9(17)15-4-2-1-3-8(15)10(18)19/h5-6,8,11H,1-4H2,(H,18,19). The zero-order valence-electron chi connectivity index (χ0n) is 10.00. The number of piperidine rings is 1. The lowest BCUT2D eigenvalue weighted by atomic mass is 10.0. The lowest BCUT2D eigenvalue weighted by molar-refractivity contribution is -0.143. The predicted octanol–water partition coefficient (Wildman–Crippen LogP) is 1.36. The van der Waals surface area contributed by atoms with Crippen LogP contribution in [0.15, 0.2) is 12.4 Å². The Morgan fingerprint density at radius 2 is 2.16 bits per heavy atom. The highest BCUT2D eigenvalue weighted by molar-refractivity contribution is 5.96. The van der Waals surface area contributed by atoms with E-state index in [9.17, 15) is 18.4 Å². The van der Waals surface area contributed by atoms with Crippen LogP contribution in [0.4, 0.5) is 8.78 Å². The van der Waals surface area contributed by atoms with E-state index >= 15 is 0 Å². The fourth-order valence-corrected chi connectivity index (χ4v) is 2.15. The average Bonchev–Trinajstić information content (AvgIpc) is 2.87. The van der Waals surface area contributed by atoms with Crippen LogP contribution in [0.2, 0.25) is 0 Å². The maximum absolute atomic E-state index is 12.4. The molecule has 2 rings (SSSR count). The second kappa shape index (κ2) is 5.33. The van der Waals surface area contributed by atoms with Crippen molar-refractivity contribution in [1.29, 1.82) is 0 Å². The molecule has 1 saturated heterocycles. The van der Waals surface area contributed by atoms with E-state index < -0.39 is 24.5 Å². The van der Waals surface area contributed by atoms with E-state index in [-0.39, 0.29) is 5.56 Å². The summed E-state index contributed by atoms with van der Waals surface area (Å²) in [6, 6.07) is -0.892. The van der Waals surface area contributed by atoms with E-state index in [2.05, 4.69) is 5.10 Å². The van der Waals surface area contributed by atoms with Crippen LogP contribution in [0.5, 0.6) is 0 Å². The van der Waals surface area contributed by atoms with Gasteiger partial charge in [-0.2, -0.15) is 13.9 Å². The maximum Gasteiger partial charge on any atom is 0.333 e. The van der Waals surface area contributed by atoms with Gasteiger partial charge in [0.05, 0.1) is 11.8 Å². The number of hydrogen-bond acceptors (Lipinski definition) is 3. The fraction of sp³-hybridized carbons (Fsp3) is 0.545. The molecule has 104 valence electrons. The molecule has 1 N–H and O–H groups in total. The summed E-state index contributed by atoms with van der Waals surface area (Å²) in [6.07, 6.45) is 3.78. The van der Waals surface area contributed by atoms with Crippen molar-refractivity contribution in [3.63, 3.8) is 0 Å². The summed E-state index contributed by atoms with van der Waals surface area (Å²) >= 11 is 0. The topological polar surface area (TPSA) is 75.4 Å². The van der Waals surface area contributed by atoms with Crippen LogP contribution in [0.3, 0.4) is 0 Å². The van der Waals surface area contributed by atoms with Gasteiger partial charge in [0.15, 0.2) is 0 Å². The van der Waals surface area contributed by atoms with E-state index in [0.29, 0.717) is 24.1 Å². The number of carboxylic acid groups (broad SMARTS) is 1. The number of rotatable bonds is 3. The molecule has 1 aromatic rings. The Morgan fingerprint density at radius 1 is 1.42 bits per heavy atom. The van der Waals surface area contributed by atoms with Crippen LogP contribution >= 0.6 is 0 Å². The second-order valence-electron chi connectivity index (χ2n) is 4.34. The summed E-state index contributed by atoms with van der Waals surface area (Å²) in [4.78, 5) is 24.4. The number of halogens is 2. The van der Waals surface area contributed by atoms with Gasteiger partial charge >= 0.3 is 12.5 Å². The Balaban J connectivity index is 2.18. The first-order chi connectivity index (χ1) is 9.00. The molecule has 0 aliphatic carbocycles. The lowest BCUT2D eigenvalue weighted by Crippen LogP contribution is -2.47. The van der Waals surface area contributed by atoms with E-state index in [0.717, 1.165) is 18.8 Å². The highest BCUT2D eigenvalue weighted by Gasteiger charge is 2.33. The molecule has 0 spiro atoms. The number of amides is 1. The monoisotopic (exact) mass is 273 g/mol. The molecule has 1 aromatic heterocycles. The second-order valence-corrected chi connectivity index (χ2v) is 4.34. The maximum atomic E-state index is 12.4. The van der Waals surface area contributed by atoms with Crippen LogP contribution in [0, 0.1) is 0 Å². The fourth-order valence-electron chi connectivity index (χ4n) is 2.15. The number of aliphatic carboxylic acids is 1. The number of carbonyl (C=O) groups excluding carboxylic acids is 1. The smallest absolute Gasteiger partial charge is 0.333 e. The number of alkyl halides is 2. The number of aromatic nitrogens is 2. The Morgan fingerprint density at radius 3 is 2.74 bits per heavy atom. The number of nitrogens with zero attached hydrogens (tertiary/aromatic N) is 3. The first-order valence-corrected chi connectivity index (χ1v) is 5.87. The van der Waals surface area contributed by atoms with E-state index in [1.807, 2.05) is 0 Å². The van der Waals surface area contributed by atoms with Crippen molar-refractivity contribution in [2.24, 2.45) is 0 Å². The molecular formula is C11H13F2N3O3. The molecule has 1 unspecified atom stereocenters. The Bertz CT molecular complexity index is 489. The third kappa shape index (κ3) is 2.72. The van der Waals surface area contributed by atoms with Crippen molar-refractivity contribution in [3.05, 3.63) is 18.0 Å². The molecule has 1 amide bonds. The average molecular weight is 273 g/mol. The highest BCUT2D eigenvalue weighted by Crippen LogP contribution is 2.20. The highest BCUT2D eigenvalue weighted by atomic mass is 19.3. The third-order valence-electron chi connectivity index (χ3n) is 3.10. The van der Waals surface area contributed by atoms with E-state index in [1.165, 1.54) is 4.90 Å².